The molecule has 2 rings (SSSR count). The number of thiazole rings is 1. The van der Waals surface area contributed by atoms with Crippen LogP contribution >= 0.6 is 22.9 Å². The lowest BCUT2D eigenvalue weighted by molar-refractivity contribution is 0.473. The molecule has 0 bridgehead atoms. The van der Waals surface area contributed by atoms with Crippen LogP contribution in [-0.2, 0) is 0 Å². The molecule has 0 aliphatic heterocycles. The van der Waals surface area contributed by atoms with Crippen LogP contribution in [0.25, 0.3) is 0 Å². The third-order valence-corrected chi connectivity index (χ3v) is 3.60. The molecule has 1 N–H and O–H groups in total. The molecule has 0 fully saturated rings. The van der Waals surface area contributed by atoms with E-state index < -0.39 is 0 Å². The van der Waals surface area contributed by atoms with Crippen molar-refractivity contribution >= 4 is 22.9 Å². The first kappa shape index (κ1) is 13.5. The molecule has 2 aromatic heterocycles. The normalized spacial score (nSPS) is 13.2. The van der Waals surface area contributed by atoms with E-state index in [1.807, 2.05) is 15.6 Å². The molecule has 0 amide bonds. The standard InChI is InChI=1S/C12H17ClN4S/c1-4-14-11(10-6-18-7-15-10)12-9(13)5-16-17(12)8(2)3/h5-8,11,14H,4H2,1-3H3. The lowest BCUT2D eigenvalue weighted by Crippen LogP contribution is -2.26. The van der Waals surface area contributed by atoms with Gasteiger partial charge in [0.25, 0.3) is 0 Å². The Hall–Kier alpha value is -0.910. The van der Waals surface area contributed by atoms with Crippen molar-refractivity contribution in [2.45, 2.75) is 32.9 Å². The average Bonchev–Trinajstić information content (AvgIpc) is 2.95. The van der Waals surface area contributed by atoms with Crippen LogP contribution < -0.4 is 5.32 Å². The molecule has 0 saturated carbocycles. The van der Waals surface area contributed by atoms with Crippen molar-refractivity contribution in [1.82, 2.24) is 20.1 Å². The summed E-state index contributed by atoms with van der Waals surface area (Å²) in [5.41, 5.74) is 3.81. The lowest BCUT2D eigenvalue weighted by Gasteiger charge is -2.20. The molecule has 0 saturated heterocycles. The molecule has 1 atom stereocenters. The summed E-state index contributed by atoms with van der Waals surface area (Å²) in [7, 11) is 0. The first-order valence-electron chi connectivity index (χ1n) is 5.99. The zero-order valence-electron chi connectivity index (χ0n) is 10.7. The fraction of sp³-hybridized carbons (Fsp3) is 0.500. The number of rotatable bonds is 5. The van der Waals surface area contributed by atoms with Crippen LogP contribution in [0.4, 0.5) is 0 Å². The minimum absolute atomic E-state index is 0.00125. The minimum atomic E-state index is -0.00125. The van der Waals surface area contributed by atoms with Gasteiger partial charge >= 0.3 is 0 Å². The highest BCUT2D eigenvalue weighted by Gasteiger charge is 2.23. The van der Waals surface area contributed by atoms with Gasteiger partial charge in [0.05, 0.1) is 34.2 Å². The topological polar surface area (TPSA) is 42.7 Å². The highest BCUT2D eigenvalue weighted by molar-refractivity contribution is 7.07. The van der Waals surface area contributed by atoms with Crippen LogP contribution in [0.15, 0.2) is 17.1 Å². The summed E-state index contributed by atoms with van der Waals surface area (Å²) in [6.45, 7) is 7.11. The zero-order valence-corrected chi connectivity index (χ0v) is 12.3. The molecule has 0 spiro atoms. The average molecular weight is 285 g/mol. The first-order chi connectivity index (χ1) is 8.65. The molecule has 0 aromatic carbocycles. The minimum Gasteiger partial charge on any atom is -0.304 e. The van der Waals surface area contributed by atoms with Gasteiger partial charge in [0.1, 0.15) is 0 Å². The Labute approximate surface area is 116 Å². The van der Waals surface area contributed by atoms with Crippen molar-refractivity contribution in [2.24, 2.45) is 0 Å². The van der Waals surface area contributed by atoms with Gasteiger partial charge in [0, 0.05) is 11.4 Å². The maximum absolute atomic E-state index is 6.29. The molecule has 4 nitrogen and oxygen atoms in total. The second kappa shape index (κ2) is 5.82. The van der Waals surface area contributed by atoms with E-state index in [1.54, 1.807) is 17.5 Å². The molecule has 6 heteroatoms. The van der Waals surface area contributed by atoms with Crippen molar-refractivity contribution in [3.63, 3.8) is 0 Å². The number of aromatic nitrogens is 3. The summed E-state index contributed by atoms with van der Waals surface area (Å²) in [6.07, 6.45) is 1.70. The highest BCUT2D eigenvalue weighted by atomic mass is 35.5. The number of nitrogens with zero attached hydrogens (tertiary/aromatic N) is 3. The SMILES string of the molecule is CCNC(c1cscn1)c1c(Cl)cnn1C(C)C. The lowest BCUT2D eigenvalue weighted by atomic mass is 10.1. The van der Waals surface area contributed by atoms with Gasteiger partial charge in [0.15, 0.2) is 0 Å². The van der Waals surface area contributed by atoms with Crippen LogP contribution in [0.3, 0.4) is 0 Å². The van der Waals surface area contributed by atoms with Gasteiger partial charge in [-0.15, -0.1) is 11.3 Å². The Morgan fingerprint density at radius 2 is 2.28 bits per heavy atom. The van der Waals surface area contributed by atoms with Gasteiger partial charge in [-0.2, -0.15) is 5.10 Å². The Morgan fingerprint density at radius 1 is 1.50 bits per heavy atom. The highest BCUT2D eigenvalue weighted by Crippen LogP contribution is 2.29. The molecule has 0 aliphatic carbocycles. The van der Waals surface area contributed by atoms with E-state index in [2.05, 4.69) is 36.2 Å². The van der Waals surface area contributed by atoms with Crippen LogP contribution in [0.5, 0.6) is 0 Å². The molecule has 0 aliphatic rings. The van der Waals surface area contributed by atoms with Gasteiger partial charge in [-0.3, -0.25) is 4.68 Å². The van der Waals surface area contributed by atoms with Crippen molar-refractivity contribution in [3.05, 3.63) is 33.5 Å². The molecule has 2 heterocycles. The Bertz CT molecular complexity index is 492. The van der Waals surface area contributed by atoms with E-state index in [-0.39, 0.29) is 12.1 Å². The summed E-state index contributed by atoms with van der Waals surface area (Å²) in [4.78, 5) is 4.39. The summed E-state index contributed by atoms with van der Waals surface area (Å²) < 4.78 is 1.95. The van der Waals surface area contributed by atoms with Crippen molar-refractivity contribution in [2.75, 3.05) is 6.54 Å². The maximum atomic E-state index is 6.29. The van der Waals surface area contributed by atoms with Crippen LogP contribution in [-0.4, -0.2) is 21.3 Å². The van der Waals surface area contributed by atoms with Crippen molar-refractivity contribution in [3.8, 4) is 0 Å². The predicted octanol–water partition coefficient (Wildman–Crippen LogP) is 3.27. The molecule has 98 valence electrons. The van der Waals surface area contributed by atoms with E-state index in [0.717, 1.165) is 17.9 Å². The second-order valence-corrected chi connectivity index (χ2v) is 5.45. The van der Waals surface area contributed by atoms with Gasteiger partial charge in [-0.25, -0.2) is 4.98 Å². The molecular weight excluding hydrogens is 268 g/mol. The quantitative estimate of drug-likeness (QED) is 0.916. The fourth-order valence-corrected chi connectivity index (χ4v) is 2.76. The first-order valence-corrected chi connectivity index (χ1v) is 7.31. The van der Waals surface area contributed by atoms with E-state index in [0.29, 0.717) is 5.02 Å². The van der Waals surface area contributed by atoms with Gasteiger partial charge in [-0.1, -0.05) is 18.5 Å². The number of hydrogen-bond donors (Lipinski definition) is 1. The Morgan fingerprint density at radius 3 is 2.83 bits per heavy atom. The predicted molar refractivity (Wildman–Crippen MR) is 75.3 cm³/mol. The van der Waals surface area contributed by atoms with Crippen LogP contribution in [0.2, 0.25) is 5.02 Å². The van der Waals surface area contributed by atoms with Crippen molar-refractivity contribution < 1.29 is 0 Å². The summed E-state index contributed by atoms with van der Waals surface area (Å²) in [5.74, 6) is 0. The fourth-order valence-electron chi connectivity index (χ4n) is 1.94. The van der Waals surface area contributed by atoms with Gasteiger partial charge < -0.3 is 5.32 Å². The third-order valence-electron chi connectivity index (χ3n) is 2.71. The summed E-state index contributed by atoms with van der Waals surface area (Å²) in [6, 6.07) is 0.269. The molecular formula is C12H17ClN4S. The van der Waals surface area contributed by atoms with Crippen molar-refractivity contribution in [1.29, 1.82) is 0 Å². The second-order valence-electron chi connectivity index (χ2n) is 4.32. The van der Waals surface area contributed by atoms with E-state index in [4.69, 9.17) is 11.6 Å². The van der Waals surface area contributed by atoms with E-state index in [1.165, 1.54) is 0 Å². The third kappa shape index (κ3) is 2.58. The van der Waals surface area contributed by atoms with Gasteiger partial charge in [-0.05, 0) is 20.4 Å². The Kier molecular flexibility index (Phi) is 4.37. The van der Waals surface area contributed by atoms with E-state index >= 15 is 0 Å². The van der Waals surface area contributed by atoms with E-state index in [9.17, 15) is 0 Å². The number of halogens is 1. The zero-order chi connectivity index (χ0) is 13.1. The maximum Gasteiger partial charge on any atom is 0.0945 e. The smallest absolute Gasteiger partial charge is 0.0945 e. The molecule has 0 radical (unpaired) electrons. The molecule has 1 unspecified atom stereocenters. The van der Waals surface area contributed by atoms with Crippen LogP contribution in [0.1, 0.15) is 44.2 Å². The van der Waals surface area contributed by atoms with Crippen LogP contribution in [0, 0.1) is 0 Å². The summed E-state index contributed by atoms with van der Waals surface area (Å²) >= 11 is 7.88. The van der Waals surface area contributed by atoms with Gasteiger partial charge in [0.2, 0.25) is 0 Å². The number of nitrogens with one attached hydrogen (secondary N) is 1. The molecule has 18 heavy (non-hydrogen) atoms. The monoisotopic (exact) mass is 284 g/mol. The number of hydrogen-bond acceptors (Lipinski definition) is 4. The molecule has 2 aromatic rings. The Balaban J connectivity index is 2.45. The summed E-state index contributed by atoms with van der Waals surface area (Å²) in [5, 5.41) is 10.5. The largest absolute Gasteiger partial charge is 0.304 e.